The van der Waals surface area contributed by atoms with Crippen LogP contribution in [0.2, 0.25) is 0 Å². The van der Waals surface area contributed by atoms with Gasteiger partial charge in [-0.05, 0) is 49.1 Å². The fourth-order valence-corrected chi connectivity index (χ4v) is 4.34. The summed E-state index contributed by atoms with van der Waals surface area (Å²) < 4.78 is 11.0. The van der Waals surface area contributed by atoms with E-state index < -0.39 is 22.1 Å². The average molecular weight is 554 g/mol. The number of nitro benzene ring substituents is 2. The zero-order valence-electron chi connectivity index (χ0n) is 22.6. The Labute approximate surface area is 232 Å². The summed E-state index contributed by atoms with van der Waals surface area (Å²) in [7, 11) is 0. The summed E-state index contributed by atoms with van der Waals surface area (Å²) in [6.45, 7) is 5.60. The van der Waals surface area contributed by atoms with Crippen molar-refractivity contribution in [1.82, 2.24) is 4.90 Å². The molecule has 0 unspecified atom stereocenters. The van der Waals surface area contributed by atoms with E-state index >= 15 is 0 Å². The van der Waals surface area contributed by atoms with E-state index in [1.54, 1.807) is 12.1 Å². The minimum atomic E-state index is -1.07. The molecule has 0 bridgehead atoms. The third-order valence-electron chi connectivity index (χ3n) is 6.52. The molecular formula is C29H35N3O8. The fraction of sp³-hybridized carbons (Fsp3) is 0.379. The Morgan fingerprint density at radius 2 is 1.35 bits per heavy atom. The monoisotopic (exact) mass is 553 g/mol. The highest BCUT2D eigenvalue weighted by Gasteiger charge is 2.24. The summed E-state index contributed by atoms with van der Waals surface area (Å²) in [6, 6.07) is 19.1. The minimum absolute atomic E-state index is 0.0763. The number of non-ortho nitro benzene ring substituents is 2. The molecule has 214 valence electrons. The number of hydrogen-bond donors (Lipinski definition) is 2. The molecule has 0 saturated carbocycles. The van der Waals surface area contributed by atoms with E-state index in [1.807, 2.05) is 43.0 Å². The first kappa shape index (κ1) is 30.6. The summed E-state index contributed by atoms with van der Waals surface area (Å²) in [4.78, 5) is 23.3. The molecule has 3 rings (SSSR count). The van der Waals surface area contributed by atoms with Gasteiger partial charge in [0.05, 0.1) is 28.7 Å². The van der Waals surface area contributed by atoms with Crippen molar-refractivity contribution in [3.05, 3.63) is 110 Å². The second-order valence-corrected chi connectivity index (χ2v) is 9.43. The highest BCUT2D eigenvalue weighted by molar-refractivity contribution is 5.36. The Morgan fingerprint density at radius 3 is 1.82 bits per heavy atom. The number of benzene rings is 3. The minimum Gasteiger partial charge on any atom is -0.491 e. The van der Waals surface area contributed by atoms with Crippen molar-refractivity contribution >= 4 is 11.4 Å². The van der Waals surface area contributed by atoms with Gasteiger partial charge in [0.1, 0.15) is 12.4 Å². The van der Waals surface area contributed by atoms with Gasteiger partial charge in [-0.1, -0.05) is 36.4 Å². The quantitative estimate of drug-likeness (QED) is 0.147. The lowest BCUT2D eigenvalue weighted by Gasteiger charge is -2.33. The first-order valence-electron chi connectivity index (χ1n) is 13.1. The lowest BCUT2D eigenvalue weighted by atomic mass is 10.0. The van der Waals surface area contributed by atoms with E-state index in [0.717, 1.165) is 11.3 Å². The van der Waals surface area contributed by atoms with Crippen LogP contribution in [0, 0.1) is 20.2 Å². The van der Waals surface area contributed by atoms with Gasteiger partial charge in [0, 0.05) is 50.0 Å². The van der Waals surface area contributed by atoms with Crippen LogP contribution in [0.1, 0.15) is 42.7 Å². The second kappa shape index (κ2) is 15.0. The van der Waals surface area contributed by atoms with Crippen LogP contribution in [-0.4, -0.2) is 63.9 Å². The predicted molar refractivity (Wildman–Crippen MR) is 149 cm³/mol. The van der Waals surface area contributed by atoms with Gasteiger partial charge in [0.25, 0.3) is 11.4 Å². The number of aliphatic hydroxyl groups excluding tert-OH is 2. The van der Waals surface area contributed by atoms with Crippen molar-refractivity contribution in [2.45, 2.75) is 38.5 Å². The van der Waals surface area contributed by atoms with Crippen molar-refractivity contribution in [2.75, 3.05) is 32.9 Å². The Bertz CT molecular complexity index is 1190. The van der Waals surface area contributed by atoms with Gasteiger partial charge in [-0.15, -0.1) is 0 Å². The molecule has 0 saturated heterocycles. The summed E-state index contributed by atoms with van der Waals surface area (Å²) in [6.07, 6.45) is -1.57. The molecule has 0 aliphatic carbocycles. The molecule has 3 atom stereocenters. The summed E-state index contributed by atoms with van der Waals surface area (Å²) >= 11 is 0. The molecule has 3 aromatic rings. The van der Waals surface area contributed by atoms with Crippen molar-refractivity contribution in [3.8, 4) is 5.75 Å². The molecule has 0 spiro atoms. The zero-order valence-corrected chi connectivity index (χ0v) is 22.6. The predicted octanol–water partition coefficient (Wildman–Crippen LogP) is 4.62. The number of nitro groups is 2. The molecule has 2 N–H and O–H groups in total. The lowest BCUT2D eigenvalue weighted by Crippen LogP contribution is -2.40. The molecule has 0 radical (unpaired) electrons. The Hall–Kier alpha value is -3.90. The maximum atomic E-state index is 11.2. The summed E-state index contributed by atoms with van der Waals surface area (Å²) in [5, 5.41) is 44.4. The third-order valence-corrected chi connectivity index (χ3v) is 6.52. The highest BCUT2D eigenvalue weighted by Crippen LogP contribution is 2.25. The standard InChI is InChI=1S/C29H35N3O8/c1-3-39-14-15-40-27-12-10-22(11-13-27)16-21(2)30(19-28(33)23-6-4-8-25(17-23)31(35)36)20-29(34)24-7-5-9-26(18-24)32(37)38/h4-13,17-18,21,28-29,33-34H,3,14-16,19-20H2,1-2H3/t21-,28-,29+/m1/s1. The molecular weight excluding hydrogens is 518 g/mol. The number of nitrogens with zero attached hydrogens (tertiary/aromatic N) is 3. The van der Waals surface area contributed by atoms with Crippen molar-refractivity contribution in [2.24, 2.45) is 0 Å². The largest absolute Gasteiger partial charge is 0.491 e. The van der Waals surface area contributed by atoms with E-state index in [2.05, 4.69) is 0 Å². The van der Waals surface area contributed by atoms with Crippen LogP contribution in [0.25, 0.3) is 0 Å². The molecule has 0 fully saturated rings. The molecule has 0 aromatic heterocycles. The van der Waals surface area contributed by atoms with Gasteiger partial charge in [-0.2, -0.15) is 0 Å². The van der Waals surface area contributed by atoms with Gasteiger partial charge < -0.3 is 19.7 Å². The number of rotatable bonds is 16. The summed E-state index contributed by atoms with van der Waals surface area (Å²) in [5.41, 5.74) is 1.51. The van der Waals surface area contributed by atoms with E-state index in [4.69, 9.17) is 9.47 Å². The molecule has 0 aliphatic heterocycles. The van der Waals surface area contributed by atoms with Crippen molar-refractivity contribution < 1.29 is 29.5 Å². The fourth-order valence-electron chi connectivity index (χ4n) is 4.34. The average Bonchev–Trinajstić information content (AvgIpc) is 2.95. The van der Waals surface area contributed by atoms with E-state index in [-0.39, 0.29) is 30.5 Å². The molecule has 11 heteroatoms. The van der Waals surface area contributed by atoms with Crippen molar-refractivity contribution in [3.63, 3.8) is 0 Å². The van der Waals surface area contributed by atoms with Gasteiger partial charge in [0.2, 0.25) is 0 Å². The lowest BCUT2D eigenvalue weighted by molar-refractivity contribution is -0.385. The summed E-state index contributed by atoms with van der Waals surface area (Å²) in [5.74, 6) is 0.718. The number of ether oxygens (including phenoxy) is 2. The molecule has 11 nitrogen and oxygen atoms in total. The normalized spacial score (nSPS) is 13.5. The van der Waals surface area contributed by atoms with E-state index in [0.29, 0.717) is 37.4 Å². The SMILES string of the molecule is CCOCCOc1ccc(C[C@@H](C)N(C[C@@H](O)c2cccc([N+](=O)[O-])c2)C[C@H](O)c2cccc([N+](=O)[O-])c2)cc1. The van der Waals surface area contributed by atoms with Crippen LogP contribution >= 0.6 is 0 Å². The smallest absolute Gasteiger partial charge is 0.269 e. The van der Waals surface area contributed by atoms with Crippen LogP contribution in [-0.2, 0) is 11.2 Å². The van der Waals surface area contributed by atoms with Crippen LogP contribution in [0.15, 0.2) is 72.8 Å². The molecule has 40 heavy (non-hydrogen) atoms. The maximum absolute atomic E-state index is 11.2. The van der Waals surface area contributed by atoms with Crippen molar-refractivity contribution in [1.29, 1.82) is 0 Å². The van der Waals surface area contributed by atoms with Gasteiger partial charge in [-0.3, -0.25) is 25.1 Å². The van der Waals surface area contributed by atoms with E-state index in [9.17, 15) is 30.4 Å². The molecule has 0 aliphatic rings. The van der Waals surface area contributed by atoms with Gasteiger partial charge in [-0.25, -0.2) is 0 Å². The Balaban J connectivity index is 1.77. The van der Waals surface area contributed by atoms with Crippen LogP contribution in [0.5, 0.6) is 5.75 Å². The van der Waals surface area contributed by atoms with E-state index in [1.165, 1.54) is 36.4 Å². The topological polar surface area (TPSA) is 148 Å². The third kappa shape index (κ3) is 9.09. The molecule has 0 heterocycles. The first-order valence-corrected chi connectivity index (χ1v) is 13.1. The van der Waals surface area contributed by atoms with Crippen LogP contribution in [0.3, 0.4) is 0 Å². The van der Waals surface area contributed by atoms with Gasteiger partial charge in [0.15, 0.2) is 0 Å². The molecule has 3 aromatic carbocycles. The number of aliphatic hydroxyl groups is 2. The molecule has 0 amide bonds. The van der Waals surface area contributed by atoms with Crippen LogP contribution in [0.4, 0.5) is 11.4 Å². The zero-order chi connectivity index (χ0) is 29.1. The number of hydrogen-bond acceptors (Lipinski definition) is 9. The Kier molecular flexibility index (Phi) is 11.5. The van der Waals surface area contributed by atoms with Crippen LogP contribution < -0.4 is 4.74 Å². The van der Waals surface area contributed by atoms with Gasteiger partial charge >= 0.3 is 0 Å². The second-order valence-electron chi connectivity index (χ2n) is 9.43. The maximum Gasteiger partial charge on any atom is 0.269 e. The highest BCUT2D eigenvalue weighted by atomic mass is 16.6. The first-order chi connectivity index (χ1) is 19.2. The Morgan fingerprint density at radius 1 is 0.825 bits per heavy atom.